The number of rotatable bonds is 7. The minimum absolute atomic E-state index is 0.0528. The van der Waals surface area contributed by atoms with Crippen LogP contribution in [0.25, 0.3) is 5.57 Å². The number of hydrogen-bond donors (Lipinski definition) is 1. The van der Waals surface area contributed by atoms with Crippen LogP contribution in [0, 0.1) is 0 Å². The van der Waals surface area contributed by atoms with Crippen molar-refractivity contribution in [3.05, 3.63) is 101 Å². The van der Waals surface area contributed by atoms with Gasteiger partial charge < -0.3 is 10.0 Å². The first-order valence-corrected chi connectivity index (χ1v) is 10.5. The molecule has 4 rings (SSSR count). The fourth-order valence-corrected chi connectivity index (χ4v) is 3.94. The highest BCUT2D eigenvalue weighted by molar-refractivity contribution is 6.13. The maximum absolute atomic E-state index is 13.6. The van der Waals surface area contributed by atoms with Gasteiger partial charge in [-0.3, -0.25) is 14.6 Å². The molecular weight excluding hydrogens is 388 g/mol. The summed E-state index contributed by atoms with van der Waals surface area (Å²) in [6.07, 6.45) is 7.81. The van der Waals surface area contributed by atoms with Gasteiger partial charge in [0.15, 0.2) is 0 Å². The van der Waals surface area contributed by atoms with Crippen LogP contribution in [-0.2, 0) is 11.3 Å². The van der Waals surface area contributed by atoms with E-state index in [0.29, 0.717) is 18.5 Å². The zero-order valence-electron chi connectivity index (χ0n) is 17.2. The predicted molar refractivity (Wildman–Crippen MR) is 121 cm³/mol. The molecule has 1 aromatic heterocycles. The fraction of sp³-hybridized carbons (Fsp3) is 0.192. The first-order valence-electron chi connectivity index (χ1n) is 10.5. The molecule has 5 nitrogen and oxygen atoms in total. The normalized spacial score (nSPS) is 14.1. The molecule has 1 aliphatic rings. The van der Waals surface area contributed by atoms with Crippen LogP contribution in [0.1, 0.15) is 52.7 Å². The summed E-state index contributed by atoms with van der Waals surface area (Å²) in [6, 6.07) is 19.7. The number of aromatic nitrogens is 1. The van der Waals surface area contributed by atoms with Crippen LogP contribution in [-0.4, -0.2) is 22.0 Å². The molecule has 0 radical (unpaired) electrons. The summed E-state index contributed by atoms with van der Waals surface area (Å²) in [6.45, 7) is 0.477. The molecule has 0 fully saturated rings. The quantitative estimate of drug-likeness (QED) is 0.533. The highest BCUT2D eigenvalue weighted by Crippen LogP contribution is 2.38. The van der Waals surface area contributed by atoms with Crippen molar-refractivity contribution in [1.82, 2.24) is 4.98 Å². The summed E-state index contributed by atoms with van der Waals surface area (Å²) in [5, 5.41) is 8.87. The maximum Gasteiger partial charge on any atom is 0.303 e. The standard InChI is InChI=1S/C26H24N2O3/c29-25(30)14-6-2-5-11-20-21-12-7-8-13-24(21)28(18-19-9-3-1-4-10-19)26(31)22-15-16-27-17-23(20)22/h1,3-4,7-13,15-17H,2,5-6,14,18H2,(H,29,30)/b20-11+. The van der Waals surface area contributed by atoms with Gasteiger partial charge in [-0.2, -0.15) is 0 Å². The number of aliphatic carboxylic acids is 1. The lowest BCUT2D eigenvalue weighted by molar-refractivity contribution is -0.137. The van der Waals surface area contributed by atoms with Crippen molar-refractivity contribution in [2.75, 3.05) is 4.90 Å². The van der Waals surface area contributed by atoms with Gasteiger partial charge in [-0.1, -0.05) is 54.6 Å². The monoisotopic (exact) mass is 412 g/mol. The summed E-state index contributed by atoms with van der Waals surface area (Å²) < 4.78 is 0. The molecular formula is C26H24N2O3. The second kappa shape index (κ2) is 9.39. The van der Waals surface area contributed by atoms with Crippen LogP contribution in [0.5, 0.6) is 0 Å². The second-order valence-corrected chi connectivity index (χ2v) is 7.57. The molecule has 0 aliphatic carbocycles. The van der Waals surface area contributed by atoms with Gasteiger partial charge in [0.25, 0.3) is 5.91 Å². The Hall–Kier alpha value is -3.73. The van der Waals surface area contributed by atoms with Gasteiger partial charge in [-0.05, 0) is 42.5 Å². The van der Waals surface area contributed by atoms with E-state index in [4.69, 9.17) is 5.11 Å². The number of para-hydroxylation sites is 1. The third-order valence-corrected chi connectivity index (χ3v) is 5.45. The highest BCUT2D eigenvalue weighted by atomic mass is 16.4. The van der Waals surface area contributed by atoms with Crippen molar-refractivity contribution >= 4 is 23.1 Å². The van der Waals surface area contributed by atoms with Crippen molar-refractivity contribution < 1.29 is 14.7 Å². The number of unbranched alkanes of at least 4 members (excludes halogenated alkanes) is 2. The van der Waals surface area contributed by atoms with Gasteiger partial charge in [0.2, 0.25) is 0 Å². The van der Waals surface area contributed by atoms with Gasteiger partial charge in [0.05, 0.1) is 17.8 Å². The van der Waals surface area contributed by atoms with Gasteiger partial charge in [-0.25, -0.2) is 0 Å². The summed E-state index contributed by atoms with van der Waals surface area (Å²) in [4.78, 5) is 30.5. The third-order valence-electron chi connectivity index (χ3n) is 5.45. The molecule has 1 N–H and O–H groups in total. The number of hydrogen-bond acceptors (Lipinski definition) is 3. The first-order chi connectivity index (χ1) is 15.1. The molecule has 5 heteroatoms. The van der Waals surface area contributed by atoms with E-state index in [-0.39, 0.29) is 12.3 Å². The van der Waals surface area contributed by atoms with Crippen LogP contribution in [0.15, 0.2) is 79.1 Å². The van der Waals surface area contributed by atoms with E-state index < -0.39 is 5.97 Å². The molecule has 3 aromatic rings. The van der Waals surface area contributed by atoms with Gasteiger partial charge in [0.1, 0.15) is 0 Å². The Labute approximate surface area is 181 Å². The Kier molecular flexibility index (Phi) is 6.22. The molecule has 31 heavy (non-hydrogen) atoms. The number of carbonyl (C=O) groups is 2. The Morgan fingerprint density at radius 1 is 0.935 bits per heavy atom. The minimum atomic E-state index is -0.774. The van der Waals surface area contributed by atoms with Crippen molar-refractivity contribution in [1.29, 1.82) is 0 Å². The second-order valence-electron chi connectivity index (χ2n) is 7.57. The molecule has 0 saturated heterocycles. The van der Waals surface area contributed by atoms with Crippen LogP contribution < -0.4 is 4.90 Å². The largest absolute Gasteiger partial charge is 0.481 e. The number of allylic oxidation sites excluding steroid dienone is 1. The SMILES string of the molecule is O=C(O)CCCC/C=C1/c2cnccc2C(=O)N(Cc2ccccc2)c2ccccc21. The molecule has 2 heterocycles. The Bertz CT molecular complexity index is 1120. The van der Waals surface area contributed by atoms with E-state index in [1.165, 1.54) is 0 Å². The molecule has 156 valence electrons. The van der Waals surface area contributed by atoms with Crippen molar-refractivity contribution in [3.8, 4) is 0 Å². The van der Waals surface area contributed by atoms with E-state index in [2.05, 4.69) is 11.1 Å². The fourth-order valence-electron chi connectivity index (χ4n) is 3.94. The van der Waals surface area contributed by atoms with E-state index in [1.54, 1.807) is 18.5 Å². The van der Waals surface area contributed by atoms with Crippen molar-refractivity contribution in [3.63, 3.8) is 0 Å². The number of anilines is 1. The number of benzene rings is 2. The minimum Gasteiger partial charge on any atom is -0.481 e. The topological polar surface area (TPSA) is 70.5 Å². The van der Waals surface area contributed by atoms with Gasteiger partial charge >= 0.3 is 5.97 Å². The van der Waals surface area contributed by atoms with Crippen molar-refractivity contribution in [2.24, 2.45) is 0 Å². The van der Waals surface area contributed by atoms with Crippen LogP contribution in [0.3, 0.4) is 0 Å². The van der Waals surface area contributed by atoms with Gasteiger partial charge in [0, 0.05) is 29.9 Å². The predicted octanol–water partition coefficient (Wildman–Crippen LogP) is 5.32. The number of amides is 1. The van der Waals surface area contributed by atoms with Gasteiger partial charge in [-0.15, -0.1) is 0 Å². The summed E-state index contributed by atoms with van der Waals surface area (Å²) in [5.41, 5.74) is 5.31. The molecule has 0 saturated carbocycles. The van der Waals surface area contributed by atoms with E-state index in [1.807, 2.05) is 59.5 Å². The Balaban J connectivity index is 1.76. The summed E-state index contributed by atoms with van der Waals surface area (Å²) >= 11 is 0. The number of carboxylic acid groups (broad SMARTS) is 1. The van der Waals surface area contributed by atoms with Crippen LogP contribution >= 0.6 is 0 Å². The Morgan fingerprint density at radius 2 is 1.71 bits per heavy atom. The van der Waals surface area contributed by atoms with Crippen molar-refractivity contribution in [2.45, 2.75) is 32.2 Å². The molecule has 0 bridgehead atoms. The average Bonchev–Trinajstić information content (AvgIpc) is 2.89. The third kappa shape index (κ3) is 4.56. The zero-order valence-corrected chi connectivity index (χ0v) is 17.2. The Morgan fingerprint density at radius 3 is 2.52 bits per heavy atom. The number of nitrogens with zero attached hydrogens (tertiary/aromatic N) is 2. The lowest BCUT2D eigenvalue weighted by Gasteiger charge is -2.23. The molecule has 0 spiro atoms. The molecule has 0 unspecified atom stereocenters. The number of carboxylic acids is 1. The summed E-state index contributed by atoms with van der Waals surface area (Å²) in [5.74, 6) is -0.827. The number of fused-ring (bicyclic) bond motifs is 2. The highest BCUT2D eigenvalue weighted by Gasteiger charge is 2.29. The molecule has 1 aliphatic heterocycles. The average molecular weight is 412 g/mol. The lowest BCUT2D eigenvalue weighted by atomic mass is 9.94. The molecule has 2 aromatic carbocycles. The zero-order chi connectivity index (χ0) is 21.6. The smallest absolute Gasteiger partial charge is 0.303 e. The van der Waals surface area contributed by atoms with E-state index >= 15 is 0 Å². The lowest BCUT2D eigenvalue weighted by Crippen LogP contribution is -2.30. The first kappa shape index (κ1) is 20.5. The number of carbonyl (C=O) groups excluding carboxylic acids is 1. The summed E-state index contributed by atoms with van der Waals surface area (Å²) in [7, 11) is 0. The number of pyridine rings is 1. The van der Waals surface area contributed by atoms with E-state index in [0.717, 1.165) is 40.8 Å². The molecule has 1 amide bonds. The van der Waals surface area contributed by atoms with Crippen LogP contribution in [0.4, 0.5) is 5.69 Å². The van der Waals surface area contributed by atoms with Crippen LogP contribution in [0.2, 0.25) is 0 Å². The molecule has 0 atom stereocenters. The maximum atomic E-state index is 13.6. The van der Waals surface area contributed by atoms with E-state index in [9.17, 15) is 9.59 Å².